The van der Waals surface area contributed by atoms with E-state index in [4.69, 9.17) is 6.42 Å². The van der Waals surface area contributed by atoms with Gasteiger partial charge in [0.15, 0.2) is 0 Å². The van der Waals surface area contributed by atoms with E-state index in [1.165, 1.54) is 0 Å². The molecule has 0 saturated heterocycles. The molecule has 2 nitrogen and oxygen atoms in total. The Hall–Kier alpha value is -0.520. The summed E-state index contributed by atoms with van der Waals surface area (Å²) in [6, 6.07) is 0.373. The fraction of sp³-hybridized carbons (Fsp3) is 0.833. The first kappa shape index (κ1) is 13.5. The Bertz CT molecular complexity index is 193. The maximum absolute atomic E-state index is 5.40. The fourth-order valence-corrected chi connectivity index (χ4v) is 1.75. The first-order valence-electron chi connectivity index (χ1n) is 5.37. The molecular formula is C12H24N2. The topological polar surface area (TPSA) is 15.3 Å². The zero-order chi connectivity index (χ0) is 11.2. The summed E-state index contributed by atoms with van der Waals surface area (Å²) >= 11 is 0. The standard InChI is InChI=1S/C12H24N2/c1-7-10-11(13-9-3)12(4,8-2)14(5)6/h1,11,13H,8-10H2,2-6H3. The number of hydrogen-bond donors (Lipinski definition) is 1. The van der Waals surface area contributed by atoms with Crippen LogP contribution in [-0.4, -0.2) is 37.1 Å². The Morgan fingerprint density at radius 2 is 2.00 bits per heavy atom. The van der Waals surface area contributed by atoms with Crippen molar-refractivity contribution < 1.29 is 0 Å². The lowest BCUT2D eigenvalue weighted by Gasteiger charge is -2.42. The molecule has 2 atom stereocenters. The highest BCUT2D eigenvalue weighted by atomic mass is 15.2. The molecule has 0 rings (SSSR count). The van der Waals surface area contributed by atoms with Crippen LogP contribution in [0.5, 0.6) is 0 Å². The van der Waals surface area contributed by atoms with Crippen molar-refractivity contribution in [2.24, 2.45) is 0 Å². The summed E-state index contributed by atoms with van der Waals surface area (Å²) < 4.78 is 0. The van der Waals surface area contributed by atoms with E-state index < -0.39 is 0 Å². The first-order chi connectivity index (χ1) is 6.52. The van der Waals surface area contributed by atoms with Gasteiger partial charge in [0.2, 0.25) is 0 Å². The maximum atomic E-state index is 5.40. The van der Waals surface area contributed by atoms with Crippen LogP contribution in [0.2, 0.25) is 0 Å². The van der Waals surface area contributed by atoms with Gasteiger partial charge in [-0.1, -0.05) is 13.8 Å². The second-order valence-electron chi connectivity index (χ2n) is 4.12. The molecule has 0 aromatic rings. The molecule has 0 aromatic carbocycles. The van der Waals surface area contributed by atoms with Gasteiger partial charge in [-0.15, -0.1) is 12.3 Å². The van der Waals surface area contributed by atoms with Crippen LogP contribution in [0.25, 0.3) is 0 Å². The van der Waals surface area contributed by atoms with Crippen LogP contribution in [0.1, 0.15) is 33.6 Å². The fourth-order valence-electron chi connectivity index (χ4n) is 1.75. The van der Waals surface area contributed by atoms with Crippen LogP contribution in [0.4, 0.5) is 0 Å². The van der Waals surface area contributed by atoms with Gasteiger partial charge in [-0.25, -0.2) is 0 Å². The maximum Gasteiger partial charge on any atom is 0.0358 e. The van der Waals surface area contributed by atoms with Gasteiger partial charge in [-0.05, 0) is 34.0 Å². The van der Waals surface area contributed by atoms with Crippen molar-refractivity contribution in [2.45, 2.75) is 45.2 Å². The van der Waals surface area contributed by atoms with Gasteiger partial charge >= 0.3 is 0 Å². The second kappa shape index (κ2) is 6.06. The molecule has 0 fully saturated rings. The van der Waals surface area contributed by atoms with Crippen molar-refractivity contribution in [3.05, 3.63) is 0 Å². The molecule has 0 amide bonds. The summed E-state index contributed by atoms with van der Waals surface area (Å²) in [7, 11) is 4.23. The van der Waals surface area contributed by atoms with Crippen LogP contribution < -0.4 is 5.32 Å². The number of nitrogens with one attached hydrogen (secondary N) is 1. The van der Waals surface area contributed by atoms with Crippen LogP contribution in [-0.2, 0) is 0 Å². The monoisotopic (exact) mass is 196 g/mol. The van der Waals surface area contributed by atoms with Crippen LogP contribution in [0.15, 0.2) is 0 Å². The molecule has 82 valence electrons. The molecule has 0 radical (unpaired) electrons. The molecule has 2 unspecified atom stereocenters. The third-order valence-electron chi connectivity index (χ3n) is 3.26. The lowest BCUT2D eigenvalue weighted by molar-refractivity contribution is 0.115. The molecule has 1 N–H and O–H groups in total. The highest BCUT2D eigenvalue weighted by molar-refractivity contribution is 5.01. The summed E-state index contributed by atoms with van der Waals surface area (Å²) in [6.07, 6.45) is 7.29. The largest absolute Gasteiger partial charge is 0.312 e. The van der Waals surface area contributed by atoms with Gasteiger partial charge in [-0.2, -0.15) is 0 Å². The molecule has 0 heterocycles. The van der Waals surface area contributed by atoms with Crippen molar-refractivity contribution in [1.29, 1.82) is 0 Å². The van der Waals surface area contributed by atoms with Gasteiger partial charge in [-0.3, -0.25) is 0 Å². The van der Waals surface area contributed by atoms with E-state index in [-0.39, 0.29) is 5.54 Å². The second-order valence-corrected chi connectivity index (χ2v) is 4.12. The van der Waals surface area contributed by atoms with Crippen molar-refractivity contribution in [1.82, 2.24) is 10.2 Å². The number of terminal acetylenes is 1. The molecule has 0 aliphatic heterocycles. The molecule has 0 spiro atoms. The zero-order valence-corrected chi connectivity index (χ0v) is 10.2. The lowest BCUT2D eigenvalue weighted by Crippen LogP contribution is -2.56. The average Bonchev–Trinajstić information content (AvgIpc) is 2.16. The number of hydrogen-bond acceptors (Lipinski definition) is 2. The van der Waals surface area contributed by atoms with Gasteiger partial charge in [0.05, 0.1) is 0 Å². The molecule has 0 aliphatic carbocycles. The summed E-state index contributed by atoms with van der Waals surface area (Å²) in [5, 5.41) is 3.47. The van der Waals surface area contributed by atoms with E-state index in [0.717, 1.165) is 19.4 Å². The first-order valence-corrected chi connectivity index (χ1v) is 5.37. The van der Waals surface area contributed by atoms with Gasteiger partial charge in [0.1, 0.15) is 0 Å². The number of likely N-dealkylation sites (N-methyl/N-ethyl adjacent to an activating group) is 2. The minimum atomic E-state index is 0.141. The molecular weight excluding hydrogens is 172 g/mol. The summed E-state index contributed by atoms with van der Waals surface area (Å²) in [5.74, 6) is 2.76. The number of nitrogens with zero attached hydrogens (tertiary/aromatic N) is 1. The Balaban J connectivity index is 4.65. The molecule has 14 heavy (non-hydrogen) atoms. The van der Waals surface area contributed by atoms with Crippen molar-refractivity contribution >= 4 is 0 Å². The minimum Gasteiger partial charge on any atom is -0.312 e. The van der Waals surface area contributed by atoms with Gasteiger partial charge in [0.25, 0.3) is 0 Å². The predicted octanol–water partition coefficient (Wildman–Crippen LogP) is 1.72. The van der Waals surface area contributed by atoms with E-state index in [1.54, 1.807) is 0 Å². The van der Waals surface area contributed by atoms with Crippen LogP contribution in [0, 0.1) is 12.3 Å². The highest BCUT2D eigenvalue weighted by Crippen LogP contribution is 2.22. The lowest BCUT2D eigenvalue weighted by atomic mass is 9.86. The summed E-state index contributed by atoms with van der Waals surface area (Å²) in [5.41, 5.74) is 0.141. The SMILES string of the molecule is C#CCC(NCC)C(C)(CC)N(C)C. The number of rotatable bonds is 6. The van der Waals surface area contributed by atoms with E-state index in [9.17, 15) is 0 Å². The van der Waals surface area contributed by atoms with Crippen LogP contribution in [0.3, 0.4) is 0 Å². The van der Waals surface area contributed by atoms with E-state index in [1.807, 2.05) is 0 Å². The molecule has 0 bridgehead atoms. The van der Waals surface area contributed by atoms with E-state index in [2.05, 4.69) is 51.0 Å². The van der Waals surface area contributed by atoms with E-state index in [0.29, 0.717) is 6.04 Å². The Morgan fingerprint density at radius 3 is 2.29 bits per heavy atom. The Labute approximate surface area is 89.1 Å². The quantitative estimate of drug-likeness (QED) is 0.651. The average molecular weight is 196 g/mol. The normalized spacial score (nSPS) is 17.5. The van der Waals surface area contributed by atoms with Crippen molar-refractivity contribution in [2.75, 3.05) is 20.6 Å². The zero-order valence-electron chi connectivity index (χ0n) is 10.2. The predicted molar refractivity (Wildman–Crippen MR) is 63.3 cm³/mol. The molecule has 0 saturated carbocycles. The summed E-state index contributed by atoms with van der Waals surface area (Å²) in [6.45, 7) is 7.56. The Kier molecular flexibility index (Phi) is 5.83. The Morgan fingerprint density at radius 1 is 1.43 bits per heavy atom. The van der Waals surface area contributed by atoms with E-state index >= 15 is 0 Å². The molecule has 0 aromatic heterocycles. The van der Waals surface area contributed by atoms with Crippen molar-refractivity contribution in [3.63, 3.8) is 0 Å². The highest BCUT2D eigenvalue weighted by Gasteiger charge is 2.33. The van der Waals surface area contributed by atoms with Crippen LogP contribution >= 0.6 is 0 Å². The summed E-state index contributed by atoms with van der Waals surface area (Å²) in [4.78, 5) is 2.26. The third kappa shape index (κ3) is 3.01. The van der Waals surface area contributed by atoms with Crippen molar-refractivity contribution in [3.8, 4) is 12.3 Å². The van der Waals surface area contributed by atoms with Gasteiger partial charge in [0, 0.05) is 18.0 Å². The molecule has 0 aliphatic rings. The molecule has 2 heteroatoms. The third-order valence-corrected chi connectivity index (χ3v) is 3.26. The van der Waals surface area contributed by atoms with Gasteiger partial charge < -0.3 is 10.2 Å². The minimum absolute atomic E-state index is 0.141. The smallest absolute Gasteiger partial charge is 0.0358 e.